The van der Waals surface area contributed by atoms with Gasteiger partial charge in [-0.1, -0.05) is 18.2 Å². The molecule has 0 radical (unpaired) electrons. The summed E-state index contributed by atoms with van der Waals surface area (Å²) in [5, 5.41) is 11.4. The van der Waals surface area contributed by atoms with Crippen LogP contribution >= 0.6 is 0 Å². The Balaban J connectivity index is 1.57. The Hall–Kier alpha value is -3.75. The lowest BCUT2D eigenvalue weighted by Crippen LogP contribution is -2.50. The summed E-state index contributed by atoms with van der Waals surface area (Å²) in [6.45, 7) is 4.30. The number of carbonyl (C=O) groups is 1. The zero-order valence-electron chi connectivity index (χ0n) is 18.3. The number of aromatic nitrogens is 4. The van der Waals surface area contributed by atoms with Crippen LogP contribution in [-0.4, -0.2) is 57.5 Å². The number of nitriles is 1. The lowest BCUT2D eigenvalue weighted by Gasteiger charge is -2.42. The minimum absolute atomic E-state index is 0.0261. The molecule has 0 saturated carbocycles. The molecule has 3 atom stereocenters. The maximum absolute atomic E-state index is 12.4. The Morgan fingerprint density at radius 2 is 2.09 bits per heavy atom. The van der Waals surface area contributed by atoms with Gasteiger partial charge in [0.15, 0.2) is 24.0 Å². The minimum atomic E-state index is -0.437. The van der Waals surface area contributed by atoms with Gasteiger partial charge in [-0.3, -0.25) is 14.7 Å². The monoisotopic (exact) mass is 452 g/mol. The molecule has 0 aliphatic carbocycles. The fourth-order valence-electron chi connectivity index (χ4n) is 3.40. The number of carbonyl (C=O) groups excluding carboxylic acids is 1. The topological polar surface area (TPSA) is 133 Å². The molecule has 172 valence electrons. The average Bonchev–Trinajstić information content (AvgIpc) is 3.24. The molecule has 1 saturated heterocycles. The molecule has 1 amide bonds. The first-order valence-corrected chi connectivity index (χ1v) is 10.6. The van der Waals surface area contributed by atoms with Crippen molar-refractivity contribution in [2.45, 2.75) is 38.7 Å². The number of benzene rings is 1. The summed E-state index contributed by atoms with van der Waals surface area (Å²) in [7, 11) is 0. The number of rotatable bonds is 10. The molecule has 1 aromatic carbocycles. The fourth-order valence-corrected chi connectivity index (χ4v) is 3.40. The second-order valence-electron chi connectivity index (χ2n) is 7.23. The third-order valence-corrected chi connectivity index (χ3v) is 4.94. The molecule has 0 bridgehead atoms. The molecule has 1 aliphatic heterocycles. The van der Waals surface area contributed by atoms with Gasteiger partial charge in [-0.2, -0.15) is 15.2 Å². The van der Waals surface area contributed by atoms with Crippen molar-refractivity contribution >= 4 is 23.0 Å². The van der Waals surface area contributed by atoms with Gasteiger partial charge in [0.2, 0.25) is 11.8 Å². The minimum Gasteiger partial charge on any atom is -0.484 e. The summed E-state index contributed by atoms with van der Waals surface area (Å²) >= 11 is 0. The Bertz CT molecular complexity index is 1150. The highest BCUT2D eigenvalue weighted by atomic mass is 16.6. The molecule has 2 aromatic heterocycles. The van der Waals surface area contributed by atoms with Crippen molar-refractivity contribution in [1.82, 2.24) is 19.5 Å². The van der Waals surface area contributed by atoms with E-state index in [1.165, 1.54) is 0 Å². The number of hydrogen-bond donors (Lipinski definition) is 1. The number of amides is 1. The van der Waals surface area contributed by atoms with Crippen LogP contribution in [0.5, 0.6) is 11.6 Å². The van der Waals surface area contributed by atoms with E-state index in [9.17, 15) is 4.79 Å². The van der Waals surface area contributed by atoms with E-state index >= 15 is 0 Å². The third kappa shape index (κ3) is 5.02. The summed E-state index contributed by atoms with van der Waals surface area (Å²) in [5.41, 5.74) is 0.808. The SMILES string of the molecule is CCO[C@H]1C(C)O[C@H]1n1cnc2c(OCCC#N)nc(NC(=O)COc3ccccc3)nc21. The van der Waals surface area contributed by atoms with Crippen LogP contribution in [0.3, 0.4) is 0 Å². The van der Waals surface area contributed by atoms with E-state index in [-0.39, 0.29) is 43.7 Å². The number of fused-ring (bicyclic) bond motifs is 1. The molecule has 3 heterocycles. The van der Waals surface area contributed by atoms with E-state index in [1.807, 2.05) is 38.1 Å². The van der Waals surface area contributed by atoms with Crippen molar-refractivity contribution in [2.24, 2.45) is 0 Å². The first-order chi connectivity index (χ1) is 16.1. The largest absolute Gasteiger partial charge is 0.484 e. The Kier molecular flexibility index (Phi) is 6.97. The lowest BCUT2D eigenvalue weighted by molar-refractivity contribution is -0.264. The van der Waals surface area contributed by atoms with E-state index in [4.69, 9.17) is 24.2 Å². The molecule has 11 nitrogen and oxygen atoms in total. The van der Waals surface area contributed by atoms with Gasteiger partial charge < -0.3 is 18.9 Å². The smallest absolute Gasteiger partial charge is 0.264 e. The highest BCUT2D eigenvalue weighted by Crippen LogP contribution is 2.36. The first kappa shape index (κ1) is 22.4. The normalized spacial score (nSPS) is 19.5. The van der Waals surface area contributed by atoms with Gasteiger partial charge in [-0.15, -0.1) is 0 Å². The Labute approximate surface area is 190 Å². The van der Waals surface area contributed by atoms with Crippen molar-refractivity contribution in [2.75, 3.05) is 25.1 Å². The van der Waals surface area contributed by atoms with Crippen molar-refractivity contribution in [3.63, 3.8) is 0 Å². The van der Waals surface area contributed by atoms with Gasteiger partial charge >= 0.3 is 0 Å². The summed E-state index contributed by atoms with van der Waals surface area (Å²) in [4.78, 5) is 25.5. The van der Waals surface area contributed by atoms with E-state index in [0.717, 1.165) is 0 Å². The van der Waals surface area contributed by atoms with E-state index in [2.05, 4.69) is 20.3 Å². The molecule has 1 N–H and O–H groups in total. The molecule has 4 rings (SSSR count). The van der Waals surface area contributed by atoms with Crippen molar-refractivity contribution < 1.29 is 23.7 Å². The zero-order chi connectivity index (χ0) is 23.2. The van der Waals surface area contributed by atoms with Crippen molar-refractivity contribution in [3.05, 3.63) is 36.7 Å². The number of nitrogens with one attached hydrogen (secondary N) is 1. The molecule has 0 spiro atoms. The summed E-state index contributed by atoms with van der Waals surface area (Å²) < 4.78 is 24.5. The van der Waals surface area contributed by atoms with E-state index in [0.29, 0.717) is 23.5 Å². The maximum Gasteiger partial charge on any atom is 0.264 e. The number of ether oxygens (including phenoxy) is 4. The molecule has 11 heteroatoms. The molecule has 1 unspecified atom stereocenters. The first-order valence-electron chi connectivity index (χ1n) is 10.6. The number of para-hydroxylation sites is 1. The lowest BCUT2D eigenvalue weighted by atomic mass is 10.1. The van der Waals surface area contributed by atoms with Crippen LogP contribution in [0.1, 0.15) is 26.5 Å². The molecular weight excluding hydrogens is 428 g/mol. The Morgan fingerprint density at radius 3 is 2.82 bits per heavy atom. The quantitative estimate of drug-likeness (QED) is 0.460. The summed E-state index contributed by atoms with van der Waals surface area (Å²) in [6.07, 6.45) is 1.09. The third-order valence-electron chi connectivity index (χ3n) is 4.94. The van der Waals surface area contributed by atoms with Crippen molar-refractivity contribution in [3.8, 4) is 17.7 Å². The number of hydrogen-bond acceptors (Lipinski definition) is 9. The van der Waals surface area contributed by atoms with Gasteiger partial charge in [0.25, 0.3) is 5.91 Å². The van der Waals surface area contributed by atoms with Crippen LogP contribution in [0.25, 0.3) is 11.2 Å². The zero-order valence-corrected chi connectivity index (χ0v) is 18.3. The van der Waals surface area contributed by atoms with Gasteiger partial charge in [0.05, 0.1) is 24.9 Å². The van der Waals surface area contributed by atoms with Crippen LogP contribution in [0.4, 0.5) is 5.95 Å². The second-order valence-corrected chi connectivity index (χ2v) is 7.23. The maximum atomic E-state index is 12.4. The van der Waals surface area contributed by atoms with Gasteiger partial charge in [-0.25, -0.2) is 4.98 Å². The van der Waals surface area contributed by atoms with E-state index in [1.54, 1.807) is 23.0 Å². The molecular formula is C22H24N6O5. The van der Waals surface area contributed by atoms with Crippen molar-refractivity contribution in [1.29, 1.82) is 5.26 Å². The van der Waals surface area contributed by atoms with Crippen LogP contribution in [0.15, 0.2) is 36.7 Å². The Morgan fingerprint density at radius 1 is 1.27 bits per heavy atom. The molecule has 1 fully saturated rings. The highest BCUT2D eigenvalue weighted by molar-refractivity contribution is 5.91. The van der Waals surface area contributed by atoms with Gasteiger partial charge in [0.1, 0.15) is 18.5 Å². The fraction of sp³-hybridized carbons (Fsp3) is 0.409. The molecule has 1 aliphatic rings. The number of nitrogens with zero attached hydrogens (tertiary/aromatic N) is 5. The molecule has 3 aromatic rings. The van der Waals surface area contributed by atoms with Crippen LogP contribution in [0.2, 0.25) is 0 Å². The predicted molar refractivity (Wildman–Crippen MR) is 117 cm³/mol. The second kappa shape index (κ2) is 10.2. The highest BCUT2D eigenvalue weighted by Gasteiger charge is 2.42. The number of anilines is 1. The summed E-state index contributed by atoms with van der Waals surface area (Å²) in [5.74, 6) is 0.320. The van der Waals surface area contributed by atoms with Crippen LogP contribution in [-0.2, 0) is 14.3 Å². The standard InChI is InChI=1S/C22H24N6O5/c1-3-30-18-14(2)33-21(18)28-13-24-17-19(28)26-22(27-20(17)31-11-7-10-23)25-16(29)12-32-15-8-5-4-6-9-15/h4-6,8-9,13-14,18,21H,3,7,11-12H2,1-2H3,(H,25,26,27,29)/t14?,18-,21+/m0/s1. The number of imidazole rings is 1. The average molecular weight is 452 g/mol. The van der Waals surface area contributed by atoms with Gasteiger partial charge in [-0.05, 0) is 26.0 Å². The molecule has 33 heavy (non-hydrogen) atoms. The van der Waals surface area contributed by atoms with Gasteiger partial charge in [0, 0.05) is 6.61 Å². The van der Waals surface area contributed by atoms with E-state index < -0.39 is 12.1 Å². The van der Waals surface area contributed by atoms with Crippen LogP contribution < -0.4 is 14.8 Å². The van der Waals surface area contributed by atoms with Crippen LogP contribution in [0, 0.1) is 11.3 Å². The summed E-state index contributed by atoms with van der Waals surface area (Å²) in [6, 6.07) is 11.0. The predicted octanol–water partition coefficient (Wildman–Crippen LogP) is 2.46.